The van der Waals surface area contributed by atoms with Crippen molar-refractivity contribution in [2.24, 2.45) is 4.99 Å². The van der Waals surface area contributed by atoms with Crippen molar-refractivity contribution in [1.29, 1.82) is 0 Å². The number of likely N-dealkylation sites (tertiary alicyclic amines) is 1. The number of ether oxygens (including phenoxy) is 2. The van der Waals surface area contributed by atoms with E-state index in [1.54, 1.807) is 25.1 Å². The van der Waals surface area contributed by atoms with Gasteiger partial charge in [0.25, 0.3) is 0 Å². The van der Waals surface area contributed by atoms with Gasteiger partial charge >= 0.3 is 0 Å². The first-order valence-electron chi connectivity index (χ1n) is 10.4. The molecule has 0 aromatic heterocycles. The van der Waals surface area contributed by atoms with Crippen LogP contribution >= 0.6 is 11.6 Å². The number of carbonyl (C=O) groups is 1. The number of aromatic hydroxyl groups is 1. The maximum absolute atomic E-state index is 11.8. The van der Waals surface area contributed by atoms with Gasteiger partial charge in [-0.25, -0.2) is 0 Å². The molecular formula is C23H24ClN3O4. The van der Waals surface area contributed by atoms with E-state index < -0.39 is 5.66 Å². The molecule has 3 aliphatic rings. The fraction of sp³-hybridized carbons (Fsp3) is 0.391. The summed E-state index contributed by atoms with van der Waals surface area (Å²) in [5, 5.41) is 14.8. The third kappa shape index (κ3) is 3.83. The molecule has 7 nitrogen and oxygen atoms in total. The molecule has 2 aromatic carbocycles. The molecule has 0 saturated carbocycles. The summed E-state index contributed by atoms with van der Waals surface area (Å²) in [5.74, 6) is 1.72. The van der Waals surface area contributed by atoms with Crippen LogP contribution in [-0.2, 0) is 4.79 Å². The van der Waals surface area contributed by atoms with E-state index in [1.165, 1.54) is 0 Å². The molecule has 3 aliphatic heterocycles. The molecule has 31 heavy (non-hydrogen) atoms. The minimum absolute atomic E-state index is 0.0784. The van der Waals surface area contributed by atoms with E-state index in [1.807, 2.05) is 23.1 Å². The molecule has 0 radical (unpaired) electrons. The predicted molar refractivity (Wildman–Crippen MR) is 117 cm³/mol. The second-order valence-corrected chi connectivity index (χ2v) is 8.70. The molecule has 162 valence electrons. The van der Waals surface area contributed by atoms with Gasteiger partial charge in [0.05, 0.1) is 0 Å². The largest absolute Gasteiger partial charge is 0.508 e. The van der Waals surface area contributed by atoms with Crippen molar-refractivity contribution in [2.45, 2.75) is 37.9 Å². The van der Waals surface area contributed by atoms with Crippen LogP contribution < -0.4 is 14.8 Å². The molecule has 2 N–H and O–H groups in total. The number of hydrogen-bond acceptors (Lipinski definition) is 6. The average Bonchev–Trinajstić information content (AvgIpc) is 3.23. The van der Waals surface area contributed by atoms with E-state index in [9.17, 15) is 9.90 Å². The first-order chi connectivity index (χ1) is 14.9. The number of benzene rings is 2. The zero-order valence-corrected chi connectivity index (χ0v) is 18.0. The summed E-state index contributed by atoms with van der Waals surface area (Å²) in [4.78, 5) is 18.8. The molecule has 8 heteroatoms. The lowest BCUT2D eigenvalue weighted by Crippen LogP contribution is -2.56. The third-order valence-corrected chi connectivity index (χ3v) is 6.53. The Labute approximate surface area is 185 Å². The number of nitrogens with one attached hydrogen (secondary N) is 1. The van der Waals surface area contributed by atoms with Crippen LogP contribution in [0.2, 0.25) is 5.02 Å². The van der Waals surface area contributed by atoms with Crippen LogP contribution in [0.3, 0.4) is 0 Å². The molecule has 0 unspecified atom stereocenters. The number of aliphatic imine (C=N–C) groups is 1. The molecule has 0 bridgehead atoms. The maximum Gasteiger partial charge on any atom is 0.231 e. The van der Waals surface area contributed by atoms with Gasteiger partial charge in [-0.15, -0.1) is 0 Å². The van der Waals surface area contributed by atoms with Crippen LogP contribution in [0.5, 0.6) is 17.2 Å². The molecule has 1 atom stereocenters. The van der Waals surface area contributed by atoms with Crippen LogP contribution in [0.15, 0.2) is 41.4 Å². The smallest absolute Gasteiger partial charge is 0.231 e. The quantitative estimate of drug-likeness (QED) is 0.743. The highest BCUT2D eigenvalue weighted by Crippen LogP contribution is 2.40. The van der Waals surface area contributed by atoms with E-state index in [4.69, 9.17) is 26.1 Å². The van der Waals surface area contributed by atoms with Crippen molar-refractivity contribution in [1.82, 2.24) is 10.2 Å². The van der Waals surface area contributed by atoms with E-state index in [0.29, 0.717) is 43.1 Å². The summed E-state index contributed by atoms with van der Waals surface area (Å²) >= 11 is 6.24. The van der Waals surface area contributed by atoms with Crippen molar-refractivity contribution in [3.63, 3.8) is 0 Å². The summed E-state index contributed by atoms with van der Waals surface area (Å²) in [5.41, 5.74) is 2.12. The molecule has 1 fully saturated rings. The van der Waals surface area contributed by atoms with Gasteiger partial charge in [0.1, 0.15) is 11.4 Å². The Hall–Kier alpha value is -2.77. The SMILES string of the molecule is CC(=O)N1CCC2(CC1)N=C(c1ccc3c(c1)OCO3)C[C@H](c1cc(Cl)ccc1O)N2. The zero-order valence-electron chi connectivity index (χ0n) is 17.2. The van der Waals surface area contributed by atoms with Crippen LogP contribution in [0.25, 0.3) is 0 Å². The van der Waals surface area contributed by atoms with E-state index in [-0.39, 0.29) is 24.5 Å². The molecular weight excluding hydrogens is 418 g/mol. The lowest BCUT2D eigenvalue weighted by molar-refractivity contribution is -0.130. The Bertz CT molecular complexity index is 1060. The highest BCUT2D eigenvalue weighted by Gasteiger charge is 2.41. The Morgan fingerprint density at radius 3 is 2.74 bits per heavy atom. The van der Waals surface area contributed by atoms with Gasteiger partial charge in [0.15, 0.2) is 11.5 Å². The summed E-state index contributed by atoms with van der Waals surface area (Å²) in [6, 6.07) is 10.8. The number of nitrogens with zero attached hydrogens (tertiary/aromatic N) is 2. The average molecular weight is 442 g/mol. The number of piperidine rings is 1. The van der Waals surface area contributed by atoms with Crippen molar-refractivity contribution < 1.29 is 19.4 Å². The monoisotopic (exact) mass is 441 g/mol. The highest BCUT2D eigenvalue weighted by atomic mass is 35.5. The molecule has 3 heterocycles. The number of halogens is 1. The molecule has 2 aromatic rings. The zero-order chi connectivity index (χ0) is 21.6. The van der Waals surface area contributed by atoms with Crippen LogP contribution in [-0.4, -0.2) is 47.2 Å². The number of phenolic OH excluding ortho intramolecular Hbond substituents is 1. The van der Waals surface area contributed by atoms with Gasteiger partial charge in [-0.3, -0.25) is 15.1 Å². The van der Waals surface area contributed by atoms with E-state index >= 15 is 0 Å². The number of amides is 1. The Balaban J connectivity index is 1.53. The normalized spacial score (nSPS) is 21.8. The summed E-state index contributed by atoms with van der Waals surface area (Å²) in [7, 11) is 0. The first kappa shape index (κ1) is 20.2. The summed E-state index contributed by atoms with van der Waals surface area (Å²) in [6.07, 6.45) is 1.97. The highest BCUT2D eigenvalue weighted by molar-refractivity contribution is 6.30. The van der Waals surface area contributed by atoms with Gasteiger partial charge in [-0.2, -0.15) is 0 Å². The van der Waals surface area contributed by atoms with Gasteiger partial charge in [0.2, 0.25) is 12.7 Å². The van der Waals surface area contributed by atoms with Crippen LogP contribution in [0.4, 0.5) is 0 Å². The topological polar surface area (TPSA) is 83.4 Å². The molecule has 1 saturated heterocycles. The molecule has 0 aliphatic carbocycles. The lowest BCUT2D eigenvalue weighted by atomic mass is 9.87. The molecule has 1 amide bonds. The van der Waals surface area contributed by atoms with Crippen molar-refractivity contribution in [3.05, 3.63) is 52.5 Å². The Morgan fingerprint density at radius 2 is 1.97 bits per heavy atom. The second kappa shape index (κ2) is 7.73. The standard InChI is InChI=1S/C23H24ClN3O4/c1-14(28)27-8-6-23(7-9-27)25-18(15-2-5-21-22(10-15)31-13-30-21)12-19(26-23)17-11-16(24)3-4-20(17)29/h2-5,10-11,19,26,29H,6-9,12-13H2,1H3/t19-/m1/s1. The van der Waals surface area contributed by atoms with Crippen molar-refractivity contribution >= 4 is 23.2 Å². The number of rotatable bonds is 2. The fourth-order valence-electron chi connectivity index (χ4n) is 4.60. The first-order valence-corrected chi connectivity index (χ1v) is 10.8. The predicted octanol–water partition coefficient (Wildman–Crippen LogP) is 3.64. The number of hydrogen-bond donors (Lipinski definition) is 2. The maximum atomic E-state index is 11.8. The van der Waals surface area contributed by atoms with Crippen molar-refractivity contribution in [2.75, 3.05) is 19.9 Å². The number of phenols is 1. The lowest BCUT2D eigenvalue weighted by Gasteiger charge is -2.45. The van der Waals surface area contributed by atoms with Gasteiger partial charge in [-0.05, 0) is 42.0 Å². The third-order valence-electron chi connectivity index (χ3n) is 6.30. The van der Waals surface area contributed by atoms with Gasteiger partial charge in [0, 0.05) is 61.6 Å². The van der Waals surface area contributed by atoms with Crippen LogP contribution in [0, 0.1) is 0 Å². The van der Waals surface area contributed by atoms with Crippen molar-refractivity contribution in [3.8, 4) is 17.2 Å². The summed E-state index contributed by atoms with van der Waals surface area (Å²) in [6.45, 7) is 3.08. The molecule has 5 rings (SSSR count). The molecule has 1 spiro atoms. The minimum atomic E-state index is -0.519. The van der Waals surface area contributed by atoms with E-state index in [0.717, 1.165) is 22.6 Å². The second-order valence-electron chi connectivity index (χ2n) is 8.27. The fourth-order valence-corrected chi connectivity index (χ4v) is 4.78. The number of fused-ring (bicyclic) bond motifs is 1. The Morgan fingerprint density at radius 1 is 1.19 bits per heavy atom. The van der Waals surface area contributed by atoms with Crippen LogP contribution in [0.1, 0.15) is 43.4 Å². The van der Waals surface area contributed by atoms with Gasteiger partial charge in [-0.1, -0.05) is 11.6 Å². The van der Waals surface area contributed by atoms with E-state index in [2.05, 4.69) is 5.32 Å². The minimum Gasteiger partial charge on any atom is -0.508 e. The summed E-state index contributed by atoms with van der Waals surface area (Å²) < 4.78 is 11.0. The number of carbonyl (C=O) groups excluding carboxylic acids is 1. The van der Waals surface area contributed by atoms with Gasteiger partial charge < -0.3 is 19.5 Å². The Kier molecular flexibility index (Phi) is 5.02.